The average molecular weight is 429 g/mol. The number of H-pyrrole nitrogens is 1. The molecule has 0 bridgehead atoms. The van der Waals surface area contributed by atoms with Crippen LogP contribution in [0.2, 0.25) is 0 Å². The number of aromatic amines is 1. The lowest BCUT2D eigenvalue weighted by atomic mass is 10.1. The van der Waals surface area contributed by atoms with Gasteiger partial charge in [0.25, 0.3) is 0 Å². The summed E-state index contributed by atoms with van der Waals surface area (Å²) in [6.07, 6.45) is 1.79. The number of hydrogen-bond acceptors (Lipinski definition) is 4. The van der Waals surface area contributed by atoms with E-state index in [4.69, 9.17) is 9.47 Å². The molecule has 2 aromatic carbocycles. The normalized spacial score (nSPS) is 12.6. The molecule has 0 amide bonds. The van der Waals surface area contributed by atoms with Crippen molar-refractivity contribution >= 4 is 16.9 Å². The molecule has 0 aliphatic carbocycles. The van der Waals surface area contributed by atoms with Crippen molar-refractivity contribution in [3.63, 3.8) is 0 Å². The summed E-state index contributed by atoms with van der Waals surface area (Å²) in [5.41, 5.74) is 2.60. The molecule has 1 heterocycles. The van der Waals surface area contributed by atoms with Crippen LogP contribution in [0.15, 0.2) is 47.6 Å². The van der Waals surface area contributed by atoms with E-state index in [2.05, 4.69) is 20.6 Å². The third-order valence-electron chi connectivity index (χ3n) is 4.94. The molecular weight excluding hydrogens is 399 g/mol. The Labute approximate surface area is 181 Å². The number of guanidine groups is 1. The summed E-state index contributed by atoms with van der Waals surface area (Å²) in [5, 5.41) is 17.9. The predicted molar refractivity (Wildman–Crippen MR) is 120 cm³/mol. The minimum Gasteiger partial charge on any atom is -0.497 e. The topological polar surface area (TPSA) is 90.9 Å². The number of ether oxygens (including phenoxy) is 2. The minimum absolute atomic E-state index is 0.171. The third kappa shape index (κ3) is 5.88. The number of aromatic nitrogens is 1. The molecule has 0 radical (unpaired) electrons. The predicted octanol–water partition coefficient (Wildman–Crippen LogP) is 3.16. The molecule has 0 aliphatic heterocycles. The quantitative estimate of drug-likeness (QED) is 0.311. The number of rotatable bonds is 9. The largest absolute Gasteiger partial charge is 0.497 e. The van der Waals surface area contributed by atoms with E-state index in [9.17, 15) is 9.50 Å². The molecular formula is C23H29FN4O3. The molecule has 1 aromatic heterocycles. The van der Waals surface area contributed by atoms with Crippen LogP contribution in [0.1, 0.15) is 24.2 Å². The lowest BCUT2D eigenvalue weighted by Gasteiger charge is -2.15. The Morgan fingerprint density at radius 2 is 1.87 bits per heavy atom. The number of aliphatic hydroxyl groups is 1. The van der Waals surface area contributed by atoms with Gasteiger partial charge < -0.3 is 30.2 Å². The van der Waals surface area contributed by atoms with Crippen LogP contribution in [-0.4, -0.2) is 49.9 Å². The van der Waals surface area contributed by atoms with Gasteiger partial charge in [0.2, 0.25) is 0 Å². The molecule has 3 aromatic rings. The maximum atomic E-state index is 13.6. The molecule has 0 aliphatic rings. The van der Waals surface area contributed by atoms with Crippen LogP contribution in [0.5, 0.6) is 11.5 Å². The Bertz CT molecular complexity index is 1010. The molecule has 0 saturated carbocycles. The zero-order valence-electron chi connectivity index (χ0n) is 18.0. The first-order chi connectivity index (χ1) is 15.0. The van der Waals surface area contributed by atoms with Crippen molar-refractivity contribution in [2.24, 2.45) is 4.99 Å². The number of fused-ring (bicyclic) bond motifs is 1. The van der Waals surface area contributed by atoms with Gasteiger partial charge in [0.1, 0.15) is 17.3 Å². The second kappa shape index (κ2) is 10.7. The van der Waals surface area contributed by atoms with E-state index < -0.39 is 6.10 Å². The van der Waals surface area contributed by atoms with Crippen molar-refractivity contribution in [2.75, 3.05) is 33.9 Å². The Kier molecular flexibility index (Phi) is 7.72. The van der Waals surface area contributed by atoms with E-state index in [-0.39, 0.29) is 12.4 Å². The summed E-state index contributed by atoms with van der Waals surface area (Å²) in [5.74, 6) is 1.57. The molecule has 8 heteroatoms. The van der Waals surface area contributed by atoms with Crippen LogP contribution in [0.4, 0.5) is 4.39 Å². The van der Waals surface area contributed by atoms with Crippen molar-refractivity contribution in [2.45, 2.75) is 19.4 Å². The fraction of sp³-hybridized carbons (Fsp3) is 0.348. The lowest BCUT2D eigenvalue weighted by molar-refractivity contribution is 0.186. The highest BCUT2D eigenvalue weighted by Gasteiger charge is 2.12. The number of nitrogens with zero attached hydrogens (tertiary/aromatic N) is 1. The van der Waals surface area contributed by atoms with Gasteiger partial charge in [0.15, 0.2) is 5.96 Å². The standard InChI is InChI=1S/C23H29FN4O3/c1-4-25-23(26-8-7-15-13-27-21-6-5-17(24)11-20(15)21)28-14-22(29)16-9-18(30-2)12-19(10-16)31-3/h5-6,9-13,22,27,29H,4,7-8,14H2,1-3H3,(H2,25,26,28). The van der Waals surface area contributed by atoms with Gasteiger partial charge in [0.05, 0.1) is 26.9 Å². The molecule has 7 nitrogen and oxygen atoms in total. The Morgan fingerprint density at radius 3 is 2.55 bits per heavy atom. The number of benzene rings is 2. The van der Waals surface area contributed by atoms with Gasteiger partial charge >= 0.3 is 0 Å². The van der Waals surface area contributed by atoms with Crippen LogP contribution < -0.4 is 20.1 Å². The van der Waals surface area contributed by atoms with Crippen LogP contribution in [0.3, 0.4) is 0 Å². The molecule has 1 atom stereocenters. The highest BCUT2D eigenvalue weighted by atomic mass is 19.1. The van der Waals surface area contributed by atoms with E-state index in [0.29, 0.717) is 42.5 Å². The zero-order valence-corrected chi connectivity index (χ0v) is 18.0. The maximum absolute atomic E-state index is 13.6. The third-order valence-corrected chi connectivity index (χ3v) is 4.94. The van der Waals surface area contributed by atoms with Gasteiger partial charge in [-0.15, -0.1) is 0 Å². The summed E-state index contributed by atoms with van der Waals surface area (Å²) in [7, 11) is 3.14. The van der Waals surface area contributed by atoms with Crippen LogP contribution >= 0.6 is 0 Å². The highest BCUT2D eigenvalue weighted by Crippen LogP contribution is 2.26. The Hall–Kier alpha value is -3.26. The molecule has 0 spiro atoms. The number of methoxy groups -OCH3 is 2. The first kappa shape index (κ1) is 22.4. The van der Waals surface area contributed by atoms with Gasteiger partial charge in [-0.1, -0.05) is 0 Å². The van der Waals surface area contributed by atoms with Gasteiger partial charge in [-0.25, -0.2) is 4.39 Å². The maximum Gasteiger partial charge on any atom is 0.191 e. The summed E-state index contributed by atoms with van der Waals surface area (Å²) in [6.45, 7) is 3.44. The zero-order chi connectivity index (χ0) is 22.2. The second-order valence-electron chi connectivity index (χ2n) is 7.06. The molecule has 1 unspecified atom stereocenters. The van der Waals surface area contributed by atoms with E-state index in [1.807, 2.05) is 13.1 Å². The summed E-state index contributed by atoms with van der Waals surface area (Å²) in [6, 6.07) is 10.0. The van der Waals surface area contributed by atoms with Crippen LogP contribution in [-0.2, 0) is 6.42 Å². The highest BCUT2D eigenvalue weighted by molar-refractivity contribution is 5.83. The number of aliphatic hydroxyl groups excluding tert-OH is 1. The van der Waals surface area contributed by atoms with Gasteiger partial charge in [-0.2, -0.15) is 0 Å². The molecule has 3 rings (SSSR count). The van der Waals surface area contributed by atoms with Crippen molar-refractivity contribution < 1.29 is 19.0 Å². The van der Waals surface area contributed by atoms with Crippen LogP contribution in [0, 0.1) is 5.82 Å². The van der Waals surface area contributed by atoms with E-state index in [1.165, 1.54) is 6.07 Å². The Balaban J connectivity index is 1.62. The molecule has 0 fully saturated rings. The van der Waals surface area contributed by atoms with Crippen LogP contribution in [0.25, 0.3) is 10.9 Å². The van der Waals surface area contributed by atoms with Gasteiger partial charge in [0, 0.05) is 36.3 Å². The molecule has 31 heavy (non-hydrogen) atoms. The summed E-state index contributed by atoms with van der Waals surface area (Å²) < 4.78 is 24.1. The number of nitrogens with one attached hydrogen (secondary N) is 3. The minimum atomic E-state index is -0.809. The Morgan fingerprint density at radius 1 is 1.13 bits per heavy atom. The fourth-order valence-corrected chi connectivity index (χ4v) is 3.32. The van der Waals surface area contributed by atoms with Crippen molar-refractivity contribution in [1.82, 2.24) is 15.6 Å². The fourth-order valence-electron chi connectivity index (χ4n) is 3.32. The van der Waals surface area contributed by atoms with Gasteiger partial charge in [-0.3, -0.25) is 4.99 Å². The van der Waals surface area contributed by atoms with Crippen molar-refractivity contribution in [3.05, 3.63) is 59.5 Å². The molecule has 0 saturated heterocycles. The smallest absolute Gasteiger partial charge is 0.191 e. The first-order valence-corrected chi connectivity index (χ1v) is 10.2. The number of aliphatic imine (C=N–C) groups is 1. The molecule has 4 N–H and O–H groups in total. The summed E-state index contributed by atoms with van der Waals surface area (Å²) >= 11 is 0. The van der Waals surface area contributed by atoms with E-state index >= 15 is 0 Å². The van der Waals surface area contributed by atoms with E-state index in [0.717, 1.165) is 16.5 Å². The number of hydrogen-bond donors (Lipinski definition) is 4. The van der Waals surface area contributed by atoms with Crippen molar-refractivity contribution in [3.8, 4) is 11.5 Å². The first-order valence-electron chi connectivity index (χ1n) is 10.2. The monoisotopic (exact) mass is 428 g/mol. The van der Waals surface area contributed by atoms with Crippen molar-refractivity contribution in [1.29, 1.82) is 0 Å². The molecule has 166 valence electrons. The van der Waals surface area contributed by atoms with E-state index in [1.54, 1.807) is 44.6 Å². The van der Waals surface area contributed by atoms with Gasteiger partial charge in [-0.05, 0) is 54.8 Å². The second-order valence-corrected chi connectivity index (χ2v) is 7.06. The average Bonchev–Trinajstić information content (AvgIpc) is 3.18. The number of halogens is 1. The lowest BCUT2D eigenvalue weighted by Crippen LogP contribution is -2.38. The SMILES string of the molecule is CCNC(=NCC(O)c1cc(OC)cc(OC)c1)NCCc1c[nH]c2ccc(F)cc12. The summed E-state index contributed by atoms with van der Waals surface area (Å²) in [4.78, 5) is 7.65.